The third-order valence-electron chi connectivity index (χ3n) is 4.84. The fraction of sp³-hybridized carbons (Fsp3) is 0.300. The molecule has 0 aromatic heterocycles. The van der Waals surface area contributed by atoms with Gasteiger partial charge in [-0.25, -0.2) is 8.42 Å². The molecule has 7 heteroatoms. The van der Waals surface area contributed by atoms with Gasteiger partial charge >= 0.3 is 5.69 Å². The van der Waals surface area contributed by atoms with Gasteiger partial charge in [0.2, 0.25) is 0 Å². The molecule has 1 aliphatic rings. The molecule has 0 spiro atoms. The molecule has 0 saturated carbocycles. The van der Waals surface area contributed by atoms with Gasteiger partial charge in [0.1, 0.15) is 10.6 Å². The summed E-state index contributed by atoms with van der Waals surface area (Å²) < 4.78 is 23.9. The summed E-state index contributed by atoms with van der Waals surface area (Å²) in [5, 5.41) is 11.6. The zero-order chi connectivity index (χ0) is 19.6. The number of sulfone groups is 1. The molecule has 3 rings (SSSR count). The number of nitro benzene ring substituents is 1. The molecule has 2 aromatic carbocycles. The first-order valence-electron chi connectivity index (χ1n) is 8.82. The van der Waals surface area contributed by atoms with E-state index in [4.69, 9.17) is 0 Å². The molecule has 0 fully saturated rings. The van der Waals surface area contributed by atoms with Gasteiger partial charge in [0.15, 0.2) is 9.84 Å². The average Bonchev–Trinajstić information content (AvgIpc) is 2.67. The van der Waals surface area contributed by atoms with Gasteiger partial charge in [-0.3, -0.25) is 10.1 Å². The van der Waals surface area contributed by atoms with Crippen LogP contribution in [0.15, 0.2) is 53.4 Å². The van der Waals surface area contributed by atoms with Crippen molar-refractivity contribution in [1.29, 1.82) is 0 Å². The summed E-state index contributed by atoms with van der Waals surface area (Å²) in [6.45, 7) is 3.21. The third kappa shape index (κ3) is 4.03. The van der Waals surface area contributed by atoms with Crippen molar-refractivity contribution in [2.45, 2.75) is 24.7 Å². The van der Waals surface area contributed by atoms with E-state index in [1.807, 2.05) is 4.90 Å². The van der Waals surface area contributed by atoms with Gasteiger partial charge in [-0.1, -0.05) is 43.3 Å². The summed E-state index contributed by atoms with van der Waals surface area (Å²) in [5.74, 6) is 0. The highest BCUT2D eigenvalue weighted by molar-refractivity contribution is 7.90. The lowest BCUT2D eigenvalue weighted by atomic mass is 9.97. The lowest BCUT2D eigenvalue weighted by Gasteiger charge is -2.28. The Labute approximate surface area is 159 Å². The molecular formula is C20H22N2O4S. The van der Waals surface area contributed by atoms with E-state index in [1.165, 1.54) is 17.2 Å². The lowest BCUT2D eigenvalue weighted by Crippen LogP contribution is -2.29. The Bertz CT molecular complexity index is 995. The fourth-order valence-corrected chi connectivity index (χ4v) is 4.21. The van der Waals surface area contributed by atoms with Crippen molar-refractivity contribution in [1.82, 2.24) is 0 Å². The van der Waals surface area contributed by atoms with Crippen molar-refractivity contribution in [2.75, 3.05) is 24.2 Å². The van der Waals surface area contributed by atoms with Crippen LogP contribution in [-0.2, 0) is 16.3 Å². The van der Waals surface area contributed by atoms with Crippen LogP contribution < -0.4 is 4.90 Å². The second-order valence-electron chi connectivity index (χ2n) is 6.63. The summed E-state index contributed by atoms with van der Waals surface area (Å²) in [6, 6.07) is 12.9. The number of aryl methyl sites for hydroxylation is 1. The molecule has 0 bridgehead atoms. The minimum Gasteiger partial charge on any atom is -0.362 e. The van der Waals surface area contributed by atoms with E-state index in [9.17, 15) is 18.5 Å². The maximum Gasteiger partial charge on any atom is 0.311 e. The monoisotopic (exact) mass is 386 g/mol. The molecular weight excluding hydrogens is 364 g/mol. The van der Waals surface area contributed by atoms with E-state index in [0.29, 0.717) is 18.8 Å². The van der Waals surface area contributed by atoms with Crippen LogP contribution >= 0.6 is 0 Å². The maximum absolute atomic E-state index is 11.9. The second-order valence-corrected chi connectivity index (χ2v) is 8.61. The van der Waals surface area contributed by atoms with Crippen LogP contribution in [-0.4, -0.2) is 32.7 Å². The van der Waals surface area contributed by atoms with E-state index in [1.54, 1.807) is 12.1 Å². The van der Waals surface area contributed by atoms with Gasteiger partial charge < -0.3 is 4.90 Å². The number of nitro groups is 1. The Morgan fingerprint density at radius 2 is 1.85 bits per heavy atom. The Hall–Kier alpha value is -2.67. The molecule has 0 radical (unpaired) electrons. The summed E-state index contributed by atoms with van der Waals surface area (Å²) >= 11 is 0. The van der Waals surface area contributed by atoms with Crippen LogP contribution in [0, 0.1) is 10.1 Å². The fourth-order valence-electron chi connectivity index (χ4n) is 3.35. The molecule has 2 aromatic rings. The molecule has 0 N–H and O–H groups in total. The van der Waals surface area contributed by atoms with Crippen LogP contribution in [0.3, 0.4) is 0 Å². The van der Waals surface area contributed by atoms with Gasteiger partial charge in [-0.05, 0) is 41.7 Å². The van der Waals surface area contributed by atoms with Crippen LogP contribution in [0.4, 0.5) is 11.4 Å². The predicted molar refractivity (Wildman–Crippen MR) is 107 cm³/mol. The standard InChI is InChI=1S/C20H22N2O4S/c1-3-15-7-9-16(10-8-15)17-11-13-21(14-12-17)18-5-4-6-19(27(2,25)26)20(18)22(23)24/h4-11H,3,12-14H2,1-2H3. The molecule has 0 atom stereocenters. The van der Waals surface area contributed by atoms with E-state index in [2.05, 4.69) is 37.3 Å². The van der Waals surface area contributed by atoms with Gasteiger partial charge in [0, 0.05) is 19.3 Å². The van der Waals surface area contributed by atoms with E-state index < -0.39 is 14.8 Å². The lowest BCUT2D eigenvalue weighted by molar-refractivity contribution is -0.387. The minimum absolute atomic E-state index is 0.241. The topological polar surface area (TPSA) is 80.5 Å². The van der Waals surface area contributed by atoms with Crippen LogP contribution in [0.25, 0.3) is 5.57 Å². The number of benzene rings is 2. The van der Waals surface area contributed by atoms with Crippen molar-refractivity contribution in [2.24, 2.45) is 0 Å². The van der Waals surface area contributed by atoms with Crippen molar-refractivity contribution in [3.63, 3.8) is 0 Å². The molecule has 6 nitrogen and oxygen atoms in total. The Kier molecular flexibility index (Phi) is 5.32. The molecule has 1 aliphatic heterocycles. The summed E-state index contributed by atoms with van der Waals surface area (Å²) in [6.07, 6.45) is 4.79. The molecule has 0 aliphatic carbocycles. The van der Waals surface area contributed by atoms with Gasteiger partial charge in [-0.2, -0.15) is 0 Å². The largest absolute Gasteiger partial charge is 0.362 e. The Balaban J connectivity index is 1.91. The maximum atomic E-state index is 11.9. The molecule has 0 amide bonds. The highest BCUT2D eigenvalue weighted by Gasteiger charge is 2.29. The van der Waals surface area contributed by atoms with Crippen molar-refractivity contribution >= 4 is 26.8 Å². The predicted octanol–water partition coefficient (Wildman–Crippen LogP) is 3.85. The first-order chi connectivity index (χ1) is 12.8. The van der Waals surface area contributed by atoms with Gasteiger partial charge in [0.05, 0.1) is 4.92 Å². The normalized spacial score (nSPS) is 14.7. The number of hydrogen-bond donors (Lipinski definition) is 0. The van der Waals surface area contributed by atoms with E-state index >= 15 is 0 Å². The molecule has 0 saturated heterocycles. The first kappa shape index (κ1) is 19.1. The highest BCUT2D eigenvalue weighted by atomic mass is 32.2. The number of hydrogen-bond acceptors (Lipinski definition) is 5. The first-order valence-corrected chi connectivity index (χ1v) is 10.7. The molecule has 142 valence electrons. The third-order valence-corrected chi connectivity index (χ3v) is 5.97. The van der Waals surface area contributed by atoms with Crippen molar-refractivity contribution < 1.29 is 13.3 Å². The summed E-state index contributed by atoms with van der Waals surface area (Å²) in [7, 11) is -3.68. The number of para-hydroxylation sites is 1. The number of rotatable bonds is 5. The number of nitrogens with zero attached hydrogens (tertiary/aromatic N) is 2. The Morgan fingerprint density at radius 3 is 2.37 bits per heavy atom. The smallest absolute Gasteiger partial charge is 0.311 e. The van der Waals surface area contributed by atoms with Gasteiger partial charge in [-0.15, -0.1) is 0 Å². The second kappa shape index (κ2) is 7.52. The van der Waals surface area contributed by atoms with Gasteiger partial charge in [0.25, 0.3) is 0 Å². The zero-order valence-electron chi connectivity index (χ0n) is 15.4. The molecule has 1 heterocycles. The molecule has 0 unspecified atom stereocenters. The highest BCUT2D eigenvalue weighted by Crippen LogP contribution is 2.36. The minimum atomic E-state index is -3.68. The van der Waals surface area contributed by atoms with Crippen LogP contribution in [0.2, 0.25) is 0 Å². The van der Waals surface area contributed by atoms with Crippen LogP contribution in [0.5, 0.6) is 0 Å². The van der Waals surface area contributed by atoms with E-state index in [0.717, 1.165) is 24.7 Å². The SMILES string of the molecule is CCc1ccc(C2=CCN(c3cccc(S(C)(=O)=O)c3[N+](=O)[O-])CC2)cc1. The summed E-state index contributed by atoms with van der Waals surface area (Å²) in [5.41, 5.74) is 3.65. The quantitative estimate of drug-likeness (QED) is 0.576. The Morgan fingerprint density at radius 1 is 1.15 bits per heavy atom. The van der Waals surface area contributed by atoms with Crippen LogP contribution in [0.1, 0.15) is 24.5 Å². The zero-order valence-corrected chi connectivity index (χ0v) is 16.2. The molecule has 27 heavy (non-hydrogen) atoms. The number of anilines is 1. The summed E-state index contributed by atoms with van der Waals surface area (Å²) in [4.78, 5) is 12.6. The van der Waals surface area contributed by atoms with E-state index in [-0.39, 0.29) is 10.6 Å². The van der Waals surface area contributed by atoms with Crippen molar-refractivity contribution in [3.05, 3.63) is 69.8 Å². The average molecular weight is 386 g/mol. The van der Waals surface area contributed by atoms with Crippen molar-refractivity contribution in [3.8, 4) is 0 Å².